The van der Waals surface area contributed by atoms with Gasteiger partial charge < -0.3 is 94.2 Å². The van der Waals surface area contributed by atoms with Gasteiger partial charge in [-0.15, -0.1) is 0 Å². The first-order valence-corrected chi connectivity index (χ1v) is 47.0. The number of likely N-dealkylation sites (tertiary alicyclic amines) is 4. The van der Waals surface area contributed by atoms with Gasteiger partial charge in [-0.05, 0) is 239 Å². The number of fused-ring (bicyclic) bond motifs is 6. The maximum Gasteiger partial charge on any atom is 0.411 e. The van der Waals surface area contributed by atoms with Crippen LogP contribution in [0.25, 0.3) is 88.8 Å². The van der Waals surface area contributed by atoms with Crippen LogP contribution in [0.3, 0.4) is 0 Å². The number of aromatic amines is 4. The number of H-pyrrole nitrogens is 4. The summed E-state index contributed by atoms with van der Waals surface area (Å²) in [6.45, 7) is 21.5. The van der Waals surface area contributed by atoms with Crippen LogP contribution in [-0.2, 0) is 52.3 Å². The number of aromatic nitrogens is 8. The minimum Gasteiger partial charge on any atom is -0.480 e. The number of nitrogens with zero attached hydrogens (tertiary/aromatic N) is 8. The Kier molecular flexibility index (Phi) is 27.2. The van der Waals surface area contributed by atoms with E-state index in [9.17, 15) is 43.2 Å². The Morgan fingerprint density at radius 3 is 1.10 bits per heavy atom. The SMILES string of the molecule is COC(=O)N[C@H](C(=O)N1CC2(CC2)C[C@H]1c1ncc(-c2ccc(-c3ccc4cc(-c5cnc([C@@H]6[C@H]7CC[C@H](C7)N6C(=O)OC(C)(C)C)[nH]5)ccc4c3)cc2)[nH]1)C(C)C.COC(=O)N[C@H](C(=O)N1CC2(CC2)C[C@H]1c1ncc(-c2ccc(-c3ccc4cc(-c5cnc([C@@H]6[C@H]7CC[C@H](C7)N6C(=O)[C@@H](NC(=O)OC)C(C)(C)OC)[nH]5)ccc4c3)cc2)[nH]1)C(C)C.COC(=O)N[C@H](C(=O)O)C(C)(C)OC. The molecule has 10 aromatic rings. The van der Waals surface area contributed by atoms with Crippen LogP contribution in [0.15, 0.2) is 146 Å². The molecule has 6 aromatic carbocycles. The fourth-order valence-corrected chi connectivity index (χ4v) is 20.7. The number of methoxy groups -OCH3 is 6. The van der Waals surface area contributed by atoms with Crippen molar-refractivity contribution in [2.24, 2.45) is 34.5 Å². The minimum atomic E-state index is -1.18. The highest BCUT2D eigenvalue weighted by molar-refractivity contribution is 5.94. The molecule has 4 saturated heterocycles. The number of carbonyl (C=O) groups is 9. The predicted octanol–water partition coefficient (Wildman–Crippen LogP) is 17.3. The van der Waals surface area contributed by atoms with Crippen molar-refractivity contribution < 1.29 is 81.4 Å². The van der Waals surface area contributed by atoms with Crippen molar-refractivity contribution in [2.75, 3.05) is 55.7 Å². The van der Waals surface area contributed by atoms with Crippen LogP contribution in [0.2, 0.25) is 0 Å². The molecule has 2 spiro atoms. The van der Waals surface area contributed by atoms with E-state index in [4.69, 9.17) is 53.5 Å². The lowest BCUT2D eigenvalue weighted by Gasteiger charge is -2.40. The van der Waals surface area contributed by atoms with Gasteiger partial charge in [0.2, 0.25) is 17.7 Å². The second-order valence-corrected chi connectivity index (χ2v) is 40.6. The average molecular weight is 1860 g/mol. The van der Waals surface area contributed by atoms with E-state index in [1.807, 2.05) is 92.9 Å². The second kappa shape index (κ2) is 38.5. The molecule has 136 heavy (non-hydrogen) atoms. The Bertz CT molecular complexity index is 6120. The van der Waals surface area contributed by atoms with Gasteiger partial charge in [-0.1, -0.05) is 125 Å². The molecule has 18 rings (SSSR count). The van der Waals surface area contributed by atoms with Crippen LogP contribution in [0, 0.1) is 34.5 Å². The quantitative estimate of drug-likeness (QED) is 0.0254. The Balaban J connectivity index is 0.000000173. The van der Waals surface area contributed by atoms with E-state index in [1.165, 1.54) is 35.5 Å². The number of carbonyl (C=O) groups excluding carboxylic acids is 8. The summed E-state index contributed by atoms with van der Waals surface area (Å²) in [6.07, 6.45) is 16.4. The number of carboxylic acids is 1. The lowest BCUT2D eigenvalue weighted by Crippen LogP contribution is -2.60. The van der Waals surface area contributed by atoms with E-state index < -0.39 is 71.3 Å². The summed E-state index contributed by atoms with van der Waals surface area (Å²) in [4.78, 5) is 155. The van der Waals surface area contributed by atoms with Gasteiger partial charge in [-0.25, -0.2) is 48.7 Å². The van der Waals surface area contributed by atoms with E-state index in [0.717, 1.165) is 196 Å². The number of ether oxygens (including phenoxy) is 7. The van der Waals surface area contributed by atoms with Crippen molar-refractivity contribution in [3.63, 3.8) is 0 Å². The molecule has 0 unspecified atom stereocenters. The van der Waals surface area contributed by atoms with Crippen molar-refractivity contribution in [3.05, 3.63) is 169 Å². The van der Waals surface area contributed by atoms with Crippen LogP contribution in [-0.4, -0.2) is 228 Å². The van der Waals surface area contributed by atoms with Crippen molar-refractivity contribution in [3.8, 4) is 67.3 Å². The van der Waals surface area contributed by atoms with E-state index >= 15 is 0 Å². The molecule has 4 aliphatic carbocycles. The number of alkyl carbamates (subject to hydrolysis) is 4. The molecule has 4 bridgehead atoms. The number of piperidine rings is 2. The van der Waals surface area contributed by atoms with Gasteiger partial charge in [0.1, 0.15) is 47.0 Å². The lowest BCUT2D eigenvalue weighted by atomic mass is 9.93. The lowest BCUT2D eigenvalue weighted by molar-refractivity contribution is -0.147. The number of benzene rings is 6. The number of carboxylic acid groups (broad SMARTS) is 1. The summed E-state index contributed by atoms with van der Waals surface area (Å²) in [5.41, 5.74) is 9.73. The molecule has 9 N–H and O–H groups in total. The molecule has 8 heterocycles. The van der Waals surface area contributed by atoms with Crippen molar-refractivity contribution in [1.29, 1.82) is 0 Å². The second-order valence-electron chi connectivity index (χ2n) is 40.6. The fourth-order valence-electron chi connectivity index (χ4n) is 20.7. The largest absolute Gasteiger partial charge is 0.480 e. The van der Waals surface area contributed by atoms with Crippen molar-refractivity contribution in [1.82, 2.24) is 80.7 Å². The number of aliphatic carboxylic acids is 1. The predicted molar refractivity (Wildman–Crippen MR) is 510 cm³/mol. The van der Waals surface area contributed by atoms with Crippen LogP contribution in [0.5, 0.6) is 0 Å². The molecule has 0 radical (unpaired) electrons. The number of hydrogen-bond donors (Lipinski definition) is 9. The third-order valence-electron chi connectivity index (χ3n) is 29.1. The fraction of sp³-hybridized carbons (Fsp3) is 0.485. The highest BCUT2D eigenvalue weighted by Crippen LogP contribution is 2.60. The van der Waals surface area contributed by atoms with Crippen LogP contribution < -0.4 is 21.3 Å². The van der Waals surface area contributed by atoms with E-state index in [-0.39, 0.29) is 88.6 Å². The maximum absolute atomic E-state index is 14.3. The molecule has 33 heteroatoms. The van der Waals surface area contributed by atoms with Gasteiger partial charge >= 0.3 is 36.4 Å². The number of imidazole rings is 4. The van der Waals surface area contributed by atoms with Crippen LogP contribution in [0.4, 0.5) is 24.0 Å². The molecular formula is C103H126N16O17. The first-order chi connectivity index (χ1) is 64.8. The first-order valence-electron chi connectivity index (χ1n) is 47.0. The van der Waals surface area contributed by atoms with Gasteiger partial charge in [0.25, 0.3) is 0 Å². The average Bonchev–Trinajstić information content (AvgIpc) is 1.58. The monoisotopic (exact) mass is 1860 g/mol. The molecule has 720 valence electrons. The molecule has 4 saturated carbocycles. The first kappa shape index (κ1) is 96.0. The van der Waals surface area contributed by atoms with Gasteiger partial charge in [0.05, 0.1) is 111 Å². The molecular weight excluding hydrogens is 1730 g/mol. The van der Waals surface area contributed by atoms with Crippen LogP contribution in [0.1, 0.15) is 201 Å². The summed E-state index contributed by atoms with van der Waals surface area (Å²) in [7, 11) is 7.96. The molecule has 33 nitrogen and oxygen atoms in total. The maximum atomic E-state index is 14.3. The summed E-state index contributed by atoms with van der Waals surface area (Å²) in [6, 6.07) is 38.7. The highest BCUT2D eigenvalue weighted by Gasteiger charge is 2.59. The Hall–Kier alpha value is -13.2. The molecule has 8 amide bonds. The minimum absolute atomic E-state index is 0.0550. The number of amides is 8. The number of nitrogens with one attached hydrogen (secondary N) is 8. The van der Waals surface area contributed by atoms with E-state index in [1.54, 1.807) is 27.7 Å². The smallest absolute Gasteiger partial charge is 0.411 e. The molecule has 4 aliphatic heterocycles. The van der Waals surface area contributed by atoms with E-state index in [0.29, 0.717) is 19.0 Å². The Labute approximate surface area is 791 Å². The summed E-state index contributed by atoms with van der Waals surface area (Å²) >= 11 is 0. The summed E-state index contributed by atoms with van der Waals surface area (Å²) in [5.74, 6) is 1.93. The Morgan fingerprint density at radius 2 is 0.728 bits per heavy atom. The Morgan fingerprint density at radius 1 is 0.404 bits per heavy atom. The van der Waals surface area contributed by atoms with Crippen molar-refractivity contribution in [2.45, 2.75) is 230 Å². The zero-order valence-corrected chi connectivity index (χ0v) is 80.4. The van der Waals surface area contributed by atoms with Crippen LogP contribution >= 0.6 is 0 Å². The highest BCUT2D eigenvalue weighted by atomic mass is 16.6. The van der Waals surface area contributed by atoms with Gasteiger partial charge in [-0.3, -0.25) is 19.3 Å². The normalized spacial score (nSPS) is 21.3. The standard InChI is InChI=1S/C49H58N8O7.C46H53N7O5.C8H15NO5/c1-27(2)39(54-46(60)62-5)44(58)56-26-49(18-19-49)23-38(56)42-50-24-36(52-42)29-10-8-28(9-11-29)30-12-13-32-21-33(15-14-31(32)20-30)37-25-51-43(53-37)40-34-16-17-35(22-34)57(40)45(59)41(48(3,4)64-7)55-47(61)63-6;1-26(2)38(51-43(55)57-6)42(54)52-25-46(17-18-46)22-37(52)40-47-23-35(49-40)28-9-7-27(8-10-28)29-11-12-31-20-32(14-13-30(31)19-29)36-24-48-41(50-36)39-33-15-16-34(21-33)53(39)44(56)58-45(3,4)5;1-8(2,14-4)5(6(10)11)9-7(12)13-3/h8-15,20-21,24-25,27,34-35,38-41H,16-19,22-23,26H2,1-7H3,(H,50,52)(H,51,53)(H,54,60)(H,55,61);7-14,19-20,23-24,26,33-34,37-39H,15-18,21-22,25H2,1-6H3,(H,47,49)(H,48,50)(H,51,55);5H,1-4H3,(H,9,12)(H,10,11)/t34-,35+,38-,39-,40-,41+;33-,34+,37-,38-,39-;5-/m001/s1. The zero-order chi connectivity index (χ0) is 96.9. The topological polar surface area (TPSA) is 414 Å². The van der Waals surface area contributed by atoms with Gasteiger partial charge in [0.15, 0.2) is 6.04 Å². The summed E-state index contributed by atoms with van der Waals surface area (Å²) in [5, 5.41) is 23.7. The third kappa shape index (κ3) is 20.1. The summed E-state index contributed by atoms with van der Waals surface area (Å²) < 4.78 is 35.3. The molecule has 4 aromatic heterocycles. The van der Waals surface area contributed by atoms with Crippen molar-refractivity contribution >= 4 is 75.7 Å². The van der Waals surface area contributed by atoms with E-state index in [2.05, 4.69) is 167 Å². The molecule has 8 fully saturated rings. The van der Waals surface area contributed by atoms with Gasteiger partial charge in [0, 0.05) is 50.5 Å². The number of hydrogen-bond acceptors (Lipinski definition) is 20. The number of rotatable bonds is 24. The third-order valence-corrected chi connectivity index (χ3v) is 29.1. The van der Waals surface area contributed by atoms with Gasteiger partial charge in [-0.2, -0.15) is 0 Å². The molecule has 12 atom stereocenters. The zero-order valence-electron chi connectivity index (χ0n) is 80.4. The molecule has 8 aliphatic rings.